The van der Waals surface area contributed by atoms with Gasteiger partial charge in [-0.05, 0) is 40.4 Å². The summed E-state index contributed by atoms with van der Waals surface area (Å²) >= 11 is 5.18. The lowest BCUT2D eigenvalue weighted by Crippen LogP contribution is -2.03. The number of rotatable bonds is 4. The Balaban J connectivity index is 2.63. The predicted octanol–water partition coefficient (Wildman–Crippen LogP) is 2.87. The van der Waals surface area contributed by atoms with Crippen LogP contribution in [-0.4, -0.2) is 22.5 Å². The number of halogens is 1. The van der Waals surface area contributed by atoms with Crippen molar-refractivity contribution in [2.24, 2.45) is 5.92 Å². The minimum atomic E-state index is 0.233. The second-order valence-corrected chi connectivity index (χ2v) is 5.15. The molecule has 4 heteroatoms. The fourth-order valence-electron chi connectivity index (χ4n) is 0.890. The Kier molecular flexibility index (Phi) is 4.92. The molecule has 0 bridgehead atoms. The quantitative estimate of drug-likeness (QED) is 0.858. The molecule has 0 saturated heterocycles. The summed E-state index contributed by atoms with van der Waals surface area (Å²) in [6.45, 7) is 4.30. The van der Waals surface area contributed by atoms with Gasteiger partial charge in [0.05, 0.1) is 4.47 Å². The van der Waals surface area contributed by atoms with Crippen LogP contribution in [0, 0.1) is 12.8 Å². The molecule has 1 rings (SSSR count). The van der Waals surface area contributed by atoms with Crippen molar-refractivity contribution < 1.29 is 5.11 Å². The SMILES string of the molecule is Cc1ccnc(SCC(C)CO)c1Br. The first-order valence-corrected chi connectivity index (χ1v) is 6.27. The fourth-order valence-corrected chi connectivity index (χ4v) is 2.44. The van der Waals surface area contributed by atoms with Gasteiger partial charge in [0.2, 0.25) is 0 Å². The second kappa shape index (κ2) is 5.73. The van der Waals surface area contributed by atoms with Crippen LogP contribution in [0.25, 0.3) is 0 Å². The monoisotopic (exact) mass is 275 g/mol. The van der Waals surface area contributed by atoms with E-state index in [9.17, 15) is 0 Å². The first kappa shape index (κ1) is 12.0. The van der Waals surface area contributed by atoms with Crippen molar-refractivity contribution in [1.82, 2.24) is 4.98 Å². The maximum Gasteiger partial charge on any atom is 0.110 e. The third-order valence-electron chi connectivity index (χ3n) is 1.87. The van der Waals surface area contributed by atoms with Gasteiger partial charge in [0.1, 0.15) is 5.03 Å². The third kappa shape index (κ3) is 3.26. The normalized spacial score (nSPS) is 12.9. The zero-order chi connectivity index (χ0) is 10.6. The van der Waals surface area contributed by atoms with Crippen LogP contribution in [0.15, 0.2) is 21.8 Å². The molecule has 0 fully saturated rings. The van der Waals surface area contributed by atoms with Gasteiger partial charge in [-0.1, -0.05) is 6.92 Å². The van der Waals surface area contributed by atoms with E-state index in [1.54, 1.807) is 11.8 Å². The number of hydrogen-bond acceptors (Lipinski definition) is 3. The summed E-state index contributed by atoms with van der Waals surface area (Å²) < 4.78 is 1.06. The number of hydrogen-bond donors (Lipinski definition) is 1. The smallest absolute Gasteiger partial charge is 0.110 e. The number of aryl methyl sites for hydroxylation is 1. The van der Waals surface area contributed by atoms with Gasteiger partial charge in [0.15, 0.2) is 0 Å². The number of pyridine rings is 1. The number of aliphatic hydroxyl groups is 1. The van der Waals surface area contributed by atoms with E-state index in [1.165, 1.54) is 5.56 Å². The second-order valence-electron chi connectivity index (χ2n) is 3.35. The zero-order valence-corrected chi connectivity index (χ0v) is 10.7. The van der Waals surface area contributed by atoms with E-state index in [1.807, 2.05) is 26.1 Å². The highest BCUT2D eigenvalue weighted by Gasteiger charge is 2.07. The summed E-state index contributed by atoms with van der Waals surface area (Å²) in [6.07, 6.45) is 1.81. The van der Waals surface area contributed by atoms with E-state index in [0.717, 1.165) is 15.3 Å². The minimum Gasteiger partial charge on any atom is -0.396 e. The van der Waals surface area contributed by atoms with Gasteiger partial charge in [0.25, 0.3) is 0 Å². The molecule has 2 nitrogen and oxygen atoms in total. The summed E-state index contributed by atoms with van der Waals surface area (Å²) in [5.41, 5.74) is 1.19. The van der Waals surface area contributed by atoms with Crippen molar-refractivity contribution >= 4 is 27.7 Å². The van der Waals surface area contributed by atoms with Crippen LogP contribution in [0.1, 0.15) is 12.5 Å². The van der Waals surface area contributed by atoms with E-state index in [0.29, 0.717) is 5.92 Å². The Morgan fingerprint density at radius 1 is 1.64 bits per heavy atom. The van der Waals surface area contributed by atoms with Crippen LogP contribution in [0.2, 0.25) is 0 Å². The van der Waals surface area contributed by atoms with Crippen LogP contribution >= 0.6 is 27.7 Å². The lowest BCUT2D eigenvalue weighted by molar-refractivity contribution is 0.250. The van der Waals surface area contributed by atoms with Crippen molar-refractivity contribution in [1.29, 1.82) is 0 Å². The van der Waals surface area contributed by atoms with Crippen LogP contribution in [0.4, 0.5) is 0 Å². The molecule has 0 amide bonds. The Labute approximate surface area is 97.3 Å². The lowest BCUT2D eigenvalue weighted by atomic mass is 10.2. The van der Waals surface area contributed by atoms with Crippen LogP contribution in [-0.2, 0) is 0 Å². The maximum atomic E-state index is 8.89. The van der Waals surface area contributed by atoms with Crippen LogP contribution < -0.4 is 0 Å². The van der Waals surface area contributed by atoms with E-state index in [-0.39, 0.29) is 6.61 Å². The molecule has 78 valence electrons. The molecule has 1 N–H and O–H groups in total. The van der Waals surface area contributed by atoms with Gasteiger partial charge in [-0.2, -0.15) is 0 Å². The fraction of sp³-hybridized carbons (Fsp3) is 0.500. The zero-order valence-electron chi connectivity index (χ0n) is 8.33. The topological polar surface area (TPSA) is 33.1 Å². The maximum absolute atomic E-state index is 8.89. The van der Waals surface area contributed by atoms with Crippen molar-refractivity contribution in [2.75, 3.05) is 12.4 Å². The number of aromatic nitrogens is 1. The molecule has 0 spiro atoms. The largest absolute Gasteiger partial charge is 0.396 e. The summed E-state index contributed by atoms with van der Waals surface area (Å²) in [6, 6.07) is 1.98. The van der Waals surface area contributed by atoms with Crippen LogP contribution in [0.5, 0.6) is 0 Å². The number of aliphatic hydroxyl groups excluding tert-OH is 1. The third-order valence-corrected chi connectivity index (χ3v) is 4.45. The highest BCUT2D eigenvalue weighted by Crippen LogP contribution is 2.28. The average Bonchev–Trinajstić information content (AvgIpc) is 2.20. The molecule has 1 aromatic heterocycles. The Bertz CT molecular complexity index is 306. The highest BCUT2D eigenvalue weighted by atomic mass is 79.9. The summed E-state index contributed by atoms with van der Waals surface area (Å²) in [5, 5.41) is 9.90. The van der Waals surface area contributed by atoms with Crippen molar-refractivity contribution in [2.45, 2.75) is 18.9 Å². The Hall–Kier alpha value is -0.0600. The average molecular weight is 276 g/mol. The molecule has 0 aliphatic heterocycles. The van der Waals surface area contributed by atoms with Gasteiger partial charge in [-0.25, -0.2) is 4.98 Å². The molecule has 1 heterocycles. The lowest BCUT2D eigenvalue weighted by Gasteiger charge is -2.08. The predicted molar refractivity (Wildman–Crippen MR) is 63.6 cm³/mol. The van der Waals surface area contributed by atoms with Crippen LogP contribution in [0.3, 0.4) is 0 Å². The van der Waals surface area contributed by atoms with Gasteiger partial charge < -0.3 is 5.11 Å². The minimum absolute atomic E-state index is 0.233. The molecule has 0 aliphatic rings. The Morgan fingerprint density at radius 3 is 3.00 bits per heavy atom. The molecule has 1 unspecified atom stereocenters. The first-order chi connectivity index (χ1) is 6.65. The molecule has 0 aliphatic carbocycles. The van der Waals surface area contributed by atoms with Gasteiger partial charge in [0, 0.05) is 18.6 Å². The highest BCUT2D eigenvalue weighted by molar-refractivity contribution is 9.10. The van der Waals surface area contributed by atoms with E-state index in [4.69, 9.17) is 5.11 Å². The van der Waals surface area contributed by atoms with E-state index < -0.39 is 0 Å². The molecule has 0 saturated carbocycles. The molecular weight excluding hydrogens is 262 g/mol. The van der Waals surface area contributed by atoms with E-state index in [2.05, 4.69) is 20.9 Å². The molecule has 1 aromatic rings. The van der Waals surface area contributed by atoms with Gasteiger partial charge in [-0.3, -0.25) is 0 Å². The van der Waals surface area contributed by atoms with Gasteiger partial charge in [-0.15, -0.1) is 11.8 Å². The van der Waals surface area contributed by atoms with Crippen molar-refractivity contribution in [3.05, 3.63) is 22.3 Å². The summed E-state index contributed by atoms with van der Waals surface area (Å²) in [4.78, 5) is 4.28. The molecule has 0 radical (unpaired) electrons. The summed E-state index contributed by atoms with van der Waals surface area (Å²) in [7, 11) is 0. The molecule has 14 heavy (non-hydrogen) atoms. The Morgan fingerprint density at radius 2 is 2.36 bits per heavy atom. The molecule has 1 atom stereocenters. The first-order valence-electron chi connectivity index (χ1n) is 4.50. The standard InChI is InChI=1S/C10H14BrNOS/c1-7(5-13)6-14-10-9(11)8(2)3-4-12-10/h3-4,7,13H,5-6H2,1-2H3. The summed E-state index contributed by atoms with van der Waals surface area (Å²) in [5.74, 6) is 1.21. The van der Waals surface area contributed by atoms with Crippen molar-refractivity contribution in [3.63, 3.8) is 0 Å². The molecule has 0 aromatic carbocycles. The van der Waals surface area contributed by atoms with Gasteiger partial charge >= 0.3 is 0 Å². The van der Waals surface area contributed by atoms with Crippen molar-refractivity contribution in [3.8, 4) is 0 Å². The number of nitrogens with zero attached hydrogens (tertiary/aromatic N) is 1. The molecular formula is C10H14BrNOS. The number of thioether (sulfide) groups is 1. The van der Waals surface area contributed by atoms with E-state index >= 15 is 0 Å².